The Morgan fingerprint density at radius 1 is 1.21 bits per heavy atom. The lowest BCUT2D eigenvalue weighted by atomic mass is 9.91. The number of esters is 1. The van der Waals surface area contributed by atoms with Crippen LogP contribution in [0, 0.1) is 0 Å². The molecule has 2 fully saturated rings. The van der Waals surface area contributed by atoms with E-state index in [0.717, 1.165) is 6.42 Å². The molecule has 0 N–H and O–H groups in total. The van der Waals surface area contributed by atoms with Gasteiger partial charge < -0.3 is 4.74 Å². The zero-order valence-electron chi connectivity index (χ0n) is 8.87. The second-order valence-electron chi connectivity index (χ2n) is 4.39. The van der Waals surface area contributed by atoms with Crippen LogP contribution in [0.2, 0.25) is 0 Å². The standard InChI is InChI=1S/C11H19NO2/c1-9(13)14-11-6-4-8-12-7-3-2-5-10(11)12/h10-11H,2-8H2,1H3/t10-,11+/m1/s1. The number of carbonyl (C=O) groups excluding carboxylic acids is 1. The van der Waals surface area contributed by atoms with E-state index in [0.29, 0.717) is 6.04 Å². The average molecular weight is 197 g/mol. The first-order chi connectivity index (χ1) is 6.77. The highest BCUT2D eigenvalue weighted by molar-refractivity contribution is 5.66. The number of ether oxygens (including phenoxy) is 1. The maximum atomic E-state index is 10.9. The molecule has 2 saturated heterocycles. The summed E-state index contributed by atoms with van der Waals surface area (Å²) in [6.45, 7) is 3.91. The molecule has 2 atom stereocenters. The number of hydrogen-bond acceptors (Lipinski definition) is 3. The third-order valence-corrected chi connectivity index (χ3v) is 3.34. The highest BCUT2D eigenvalue weighted by Crippen LogP contribution is 2.28. The number of nitrogens with zero attached hydrogens (tertiary/aromatic N) is 1. The summed E-state index contributed by atoms with van der Waals surface area (Å²) in [4.78, 5) is 13.4. The summed E-state index contributed by atoms with van der Waals surface area (Å²) in [6.07, 6.45) is 6.21. The van der Waals surface area contributed by atoms with E-state index in [1.165, 1.54) is 45.7 Å². The Balaban J connectivity index is 1.97. The molecule has 0 spiro atoms. The molecule has 0 radical (unpaired) electrons. The monoisotopic (exact) mass is 197 g/mol. The predicted molar refractivity (Wildman–Crippen MR) is 54.0 cm³/mol. The smallest absolute Gasteiger partial charge is 0.302 e. The van der Waals surface area contributed by atoms with Crippen molar-refractivity contribution < 1.29 is 9.53 Å². The van der Waals surface area contributed by atoms with Crippen LogP contribution in [0.25, 0.3) is 0 Å². The highest BCUT2D eigenvalue weighted by Gasteiger charge is 2.34. The van der Waals surface area contributed by atoms with Crippen molar-refractivity contribution in [2.24, 2.45) is 0 Å². The van der Waals surface area contributed by atoms with E-state index >= 15 is 0 Å². The first-order valence-corrected chi connectivity index (χ1v) is 5.68. The summed E-state index contributed by atoms with van der Waals surface area (Å²) in [5, 5.41) is 0. The summed E-state index contributed by atoms with van der Waals surface area (Å²) < 4.78 is 5.38. The first-order valence-electron chi connectivity index (χ1n) is 5.68. The molecule has 0 aromatic carbocycles. The van der Waals surface area contributed by atoms with Crippen molar-refractivity contribution in [3.05, 3.63) is 0 Å². The van der Waals surface area contributed by atoms with E-state index in [1.54, 1.807) is 0 Å². The summed E-state index contributed by atoms with van der Waals surface area (Å²) in [5.74, 6) is -0.123. The Labute approximate surface area is 85.4 Å². The molecule has 2 aliphatic heterocycles. The summed E-state index contributed by atoms with van der Waals surface area (Å²) >= 11 is 0. The van der Waals surface area contributed by atoms with Crippen molar-refractivity contribution in [1.82, 2.24) is 4.90 Å². The van der Waals surface area contributed by atoms with Gasteiger partial charge in [-0.2, -0.15) is 0 Å². The van der Waals surface area contributed by atoms with Crippen LogP contribution >= 0.6 is 0 Å². The largest absolute Gasteiger partial charge is 0.461 e. The molecule has 80 valence electrons. The van der Waals surface area contributed by atoms with Gasteiger partial charge in [0.15, 0.2) is 0 Å². The van der Waals surface area contributed by atoms with Crippen LogP contribution in [0.4, 0.5) is 0 Å². The minimum Gasteiger partial charge on any atom is -0.461 e. The fraction of sp³-hybridized carbons (Fsp3) is 0.909. The van der Waals surface area contributed by atoms with Crippen molar-refractivity contribution in [2.75, 3.05) is 13.1 Å². The van der Waals surface area contributed by atoms with Gasteiger partial charge in [-0.15, -0.1) is 0 Å². The second kappa shape index (κ2) is 4.30. The topological polar surface area (TPSA) is 29.5 Å². The van der Waals surface area contributed by atoms with Gasteiger partial charge in [0.25, 0.3) is 0 Å². The Kier molecular flexibility index (Phi) is 3.06. The molecule has 0 amide bonds. The van der Waals surface area contributed by atoms with Gasteiger partial charge in [0.05, 0.1) is 0 Å². The van der Waals surface area contributed by atoms with E-state index in [9.17, 15) is 4.79 Å². The lowest BCUT2D eigenvalue weighted by molar-refractivity contribution is -0.153. The summed E-state index contributed by atoms with van der Waals surface area (Å²) in [7, 11) is 0. The fourth-order valence-electron chi connectivity index (χ4n) is 2.75. The van der Waals surface area contributed by atoms with Crippen LogP contribution in [0.5, 0.6) is 0 Å². The average Bonchev–Trinajstić information content (AvgIpc) is 2.18. The number of piperidine rings is 2. The molecule has 2 rings (SSSR count). The van der Waals surface area contributed by atoms with Crippen LogP contribution in [0.3, 0.4) is 0 Å². The SMILES string of the molecule is CC(=O)O[C@H]1CCCN2CCCC[C@H]12. The van der Waals surface area contributed by atoms with E-state index in [-0.39, 0.29) is 12.1 Å². The minimum absolute atomic E-state index is 0.123. The molecule has 0 aliphatic carbocycles. The predicted octanol–water partition coefficient (Wildman–Crippen LogP) is 1.57. The van der Waals surface area contributed by atoms with E-state index in [1.807, 2.05) is 0 Å². The Bertz CT molecular complexity index is 215. The lowest BCUT2D eigenvalue weighted by Gasteiger charge is -2.43. The molecule has 3 nitrogen and oxygen atoms in total. The lowest BCUT2D eigenvalue weighted by Crippen LogP contribution is -2.51. The molecular formula is C11H19NO2. The molecule has 14 heavy (non-hydrogen) atoms. The van der Waals surface area contributed by atoms with E-state index < -0.39 is 0 Å². The molecule has 2 aliphatic rings. The molecule has 0 saturated carbocycles. The first kappa shape index (κ1) is 9.97. The van der Waals surface area contributed by atoms with E-state index in [4.69, 9.17) is 4.74 Å². The number of hydrogen-bond donors (Lipinski definition) is 0. The summed E-state index contributed by atoms with van der Waals surface area (Å²) in [6, 6.07) is 0.515. The number of carbonyl (C=O) groups is 1. The van der Waals surface area contributed by atoms with Gasteiger partial charge >= 0.3 is 5.97 Å². The quantitative estimate of drug-likeness (QED) is 0.597. The van der Waals surface area contributed by atoms with Crippen LogP contribution in [-0.4, -0.2) is 36.1 Å². The molecule has 0 aromatic rings. The van der Waals surface area contributed by atoms with Crippen LogP contribution in [0.15, 0.2) is 0 Å². The Morgan fingerprint density at radius 2 is 2.00 bits per heavy atom. The maximum absolute atomic E-state index is 10.9. The molecule has 0 bridgehead atoms. The maximum Gasteiger partial charge on any atom is 0.302 e. The van der Waals surface area contributed by atoms with Crippen molar-refractivity contribution in [3.63, 3.8) is 0 Å². The van der Waals surface area contributed by atoms with Gasteiger partial charge in [-0.3, -0.25) is 9.69 Å². The van der Waals surface area contributed by atoms with Gasteiger partial charge in [-0.05, 0) is 38.8 Å². The van der Waals surface area contributed by atoms with Gasteiger partial charge in [0.1, 0.15) is 6.10 Å². The highest BCUT2D eigenvalue weighted by atomic mass is 16.5. The minimum atomic E-state index is -0.123. The van der Waals surface area contributed by atoms with Gasteiger partial charge in [-0.1, -0.05) is 6.42 Å². The third kappa shape index (κ3) is 2.08. The zero-order chi connectivity index (χ0) is 9.97. The van der Waals surface area contributed by atoms with Gasteiger partial charge in [0, 0.05) is 13.0 Å². The molecule has 3 heteroatoms. The Morgan fingerprint density at radius 3 is 2.79 bits per heavy atom. The summed E-state index contributed by atoms with van der Waals surface area (Å²) in [5.41, 5.74) is 0. The van der Waals surface area contributed by atoms with Crippen molar-refractivity contribution >= 4 is 5.97 Å². The molecule has 2 heterocycles. The van der Waals surface area contributed by atoms with Crippen LogP contribution in [-0.2, 0) is 9.53 Å². The fourth-order valence-corrected chi connectivity index (χ4v) is 2.75. The normalized spacial score (nSPS) is 33.5. The molecule has 0 aromatic heterocycles. The molecule has 0 unspecified atom stereocenters. The third-order valence-electron chi connectivity index (χ3n) is 3.34. The Hall–Kier alpha value is -0.570. The van der Waals surface area contributed by atoms with Crippen molar-refractivity contribution in [1.29, 1.82) is 0 Å². The van der Waals surface area contributed by atoms with Crippen LogP contribution in [0.1, 0.15) is 39.0 Å². The zero-order valence-corrected chi connectivity index (χ0v) is 8.87. The van der Waals surface area contributed by atoms with Gasteiger partial charge in [-0.25, -0.2) is 0 Å². The second-order valence-corrected chi connectivity index (χ2v) is 4.39. The molecular weight excluding hydrogens is 178 g/mol. The van der Waals surface area contributed by atoms with Gasteiger partial charge in [0.2, 0.25) is 0 Å². The van der Waals surface area contributed by atoms with Crippen molar-refractivity contribution in [2.45, 2.75) is 51.2 Å². The van der Waals surface area contributed by atoms with Crippen LogP contribution < -0.4 is 0 Å². The number of fused-ring (bicyclic) bond motifs is 1. The van der Waals surface area contributed by atoms with Crippen molar-refractivity contribution in [3.8, 4) is 0 Å². The number of rotatable bonds is 1. The van der Waals surface area contributed by atoms with E-state index in [2.05, 4.69) is 4.90 Å².